The van der Waals surface area contributed by atoms with Crippen molar-refractivity contribution in [1.29, 1.82) is 0 Å². The van der Waals surface area contributed by atoms with Gasteiger partial charge in [-0.05, 0) is 39.9 Å². The van der Waals surface area contributed by atoms with E-state index in [-0.39, 0.29) is 6.42 Å². The molecule has 1 aliphatic heterocycles. The van der Waals surface area contributed by atoms with E-state index in [4.69, 9.17) is 27.9 Å². The quantitative estimate of drug-likeness (QED) is 0.0975. The third kappa shape index (κ3) is 4.13. The Morgan fingerprint density at radius 3 is 1.66 bits per heavy atom. The summed E-state index contributed by atoms with van der Waals surface area (Å²) in [6.07, 6.45) is -0.00641. The molecule has 4 aromatic rings. The van der Waals surface area contributed by atoms with Gasteiger partial charge in [-0.2, -0.15) is 0 Å². The van der Waals surface area contributed by atoms with Crippen LogP contribution in [0.5, 0.6) is 0 Å². The first-order valence-corrected chi connectivity index (χ1v) is 15.7. The van der Waals surface area contributed by atoms with E-state index in [1.54, 1.807) is 48.5 Å². The number of alkyl halides is 2. The number of likely N-dealkylation sites (tertiary alicyclic amines) is 1. The molecule has 0 unspecified atom stereocenters. The number of Topliss-reactive ketones (excluding diaryl/α,β-unsaturated/α-hetero) is 1. The highest BCUT2D eigenvalue weighted by molar-refractivity contribution is 9.10. The first-order valence-electron chi connectivity index (χ1n) is 14.1. The summed E-state index contributed by atoms with van der Waals surface area (Å²) in [5, 5.41) is 0. The summed E-state index contributed by atoms with van der Waals surface area (Å²) in [6.45, 7) is -0.551. The van der Waals surface area contributed by atoms with Gasteiger partial charge in [0, 0.05) is 16.5 Å². The van der Waals surface area contributed by atoms with Gasteiger partial charge in [0.2, 0.25) is 11.8 Å². The largest absolute Gasteiger partial charge is 0.456 e. The van der Waals surface area contributed by atoms with Crippen LogP contribution in [0.2, 0.25) is 0 Å². The lowest BCUT2D eigenvalue weighted by Crippen LogP contribution is -2.57. The van der Waals surface area contributed by atoms with Gasteiger partial charge in [-0.15, -0.1) is 23.2 Å². The summed E-state index contributed by atoms with van der Waals surface area (Å²) in [5.41, 5.74) is 3.74. The standard InChI is InChI=1S/C35H24BrCl2NO5/c36-22-16-14-21(15-17-22)28(40)19-44-33(43)27(18-20-8-2-1-3-9-20)39-31(41)29-30(32(39)42)35(38)24-11-5-4-10-23(24)34(29,37)25-12-6-7-13-26(25)35/h1-17,27,29-30H,18-19H2/t27-,29-,30+,34?,35?/m1/s1. The van der Waals surface area contributed by atoms with Crippen LogP contribution in [0.3, 0.4) is 0 Å². The minimum absolute atomic E-state index is 0.00641. The molecule has 0 aromatic heterocycles. The van der Waals surface area contributed by atoms with Gasteiger partial charge in [-0.3, -0.25) is 19.3 Å². The molecule has 0 radical (unpaired) electrons. The summed E-state index contributed by atoms with van der Waals surface area (Å²) in [7, 11) is 0. The molecule has 2 amide bonds. The van der Waals surface area contributed by atoms with Crippen molar-refractivity contribution in [1.82, 2.24) is 4.90 Å². The van der Waals surface area contributed by atoms with E-state index in [0.717, 1.165) is 9.37 Å². The van der Waals surface area contributed by atoms with Gasteiger partial charge in [0.1, 0.15) is 15.8 Å². The number of hydrogen-bond donors (Lipinski definition) is 0. The molecule has 1 saturated heterocycles. The van der Waals surface area contributed by atoms with E-state index in [1.807, 2.05) is 54.6 Å². The van der Waals surface area contributed by atoms with Crippen LogP contribution < -0.4 is 0 Å². The fourth-order valence-corrected chi connectivity index (χ4v) is 8.43. The minimum atomic E-state index is -1.38. The number of rotatable bonds is 7. The Balaban J connectivity index is 1.28. The average molecular weight is 689 g/mol. The number of ether oxygens (including phenoxy) is 1. The molecule has 1 heterocycles. The van der Waals surface area contributed by atoms with Crippen LogP contribution in [0.4, 0.5) is 0 Å². The molecule has 3 aliphatic carbocycles. The molecule has 3 atom stereocenters. The lowest BCUT2D eigenvalue weighted by molar-refractivity contribution is -0.158. The van der Waals surface area contributed by atoms with E-state index >= 15 is 0 Å². The second-order valence-electron chi connectivity index (χ2n) is 11.3. The number of hydrogen-bond acceptors (Lipinski definition) is 5. The smallest absolute Gasteiger partial charge is 0.330 e. The fraction of sp³-hybridized carbons (Fsp3) is 0.200. The van der Waals surface area contributed by atoms with E-state index in [9.17, 15) is 19.2 Å². The number of esters is 1. The highest BCUT2D eigenvalue weighted by atomic mass is 79.9. The van der Waals surface area contributed by atoms with Crippen LogP contribution >= 0.6 is 39.1 Å². The SMILES string of the molecule is O=C(COC(=O)[C@@H](Cc1ccccc1)N1C(=O)[C@@H]2[C@H](C1=O)C1(Cl)c3ccccc3C2(Cl)c2ccccc21)c1ccc(Br)cc1. The number of amides is 2. The zero-order valence-electron chi connectivity index (χ0n) is 23.1. The van der Waals surface area contributed by atoms with Crippen molar-refractivity contribution in [2.24, 2.45) is 11.8 Å². The lowest BCUT2D eigenvalue weighted by Gasteiger charge is -2.54. The molecular formula is C35H24BrCl2NO5. The Bertz CT molecular complexity index is 1720. The van der Waals surface area contributed by atoms with Crippen LogP contribution in [-0.2, 0) is 35.3 Å². The van der Waals surface area contributed by atoms with Crippen LogP contribution in [0, 0.1) is 11.8 Å². The summed E-state index contributed by atoms with van der Waals surface area (Å²) < 4.78 is 6.32. The number of nitrogens with zero attached hydrogens (tertiary/aromatic N) is 1. The van der Waals surface area contributed by atoms with Gasteiger partial charge in [-0.1, -0.05) is 107 Å². The fourth-order valence-electron chi connectivity index (χ4n) is 7.07. The second-order valence-corrected chi connectivity index (χ2v) is 13.4. The molecule has 4 aromatic carbocycles. The summed E-state index contributed by atoms with van der Waals surface area (Å²) in [4.78, 5) is 53.9. The maximum atomic E-state index is 14.5. The zero-order chi connectivity index (χ0) is 30.8. The first-order chi connectivity index (χ1) is 21.2. The third-order valence-electron chi connectivity index (χ3n) is 8.99. The Morgan fingerprint density at radius 2 is 1.18 bits per heavy atom. The number of carbonyl (C=O) groups is 4. The van der Waals surface area contributed by atoms with Crippen molar-refractivity contribution in [3.63, 3.8) is 0 Å². The highest BCUT2D eigenvalue weighted by Crippen LogP contribution is 2.69. The van der Waals surface area contributed by atoms with Crippen molar-refractivity contribution in [3.8, 4) is 0 Å². The summed E-state index contributed by atoms with van der Waals surface area (Å²) in [6, 6.07) is 29.0. The van der Waals surface area contributed by atoms with Crippen molar-refractivity contribution in [2.45, 2.75) is 22.2 Å². The molecule has 44 heavy (non-hydrogen) atoms. The highest BCUT2D eigenvalue weighted by Gasteiger charge is 2.73. The Hall–Kier alpha value is -3.78. The lowest BCUT2D eigenvalue weighted by atomic mass is 9.54. The predicted molar refractivity (Wildman–Crippen MR) is 168 cm³/mol. The normalized spacial score (nSPS) is 25.2. The number of benzene rings is 4. The molecule has 6 nitrogen and oxygen atoms in total. The van der Waals surface area contributed by atoms with Gasteiger partial charge in [0.25, 0.3) is 0 Å². The molecule has 8 rings (SSSR count). The average Bonchev–Trinajstić information content (AvgIpc) is 3.32. The van der Waals surface area contributed by atoms with Crippen LogP contribution in [0.15, 0.2) is 108 Å². The maximum absolute atomic E-state index is 14.5. The van der Waals surface area contributed by atoms with E-state index in [2.05, 4.69) is 15.9 Å². The second kappa shape index (κ2) is 10.7. The molecule has 220 valence electrons. The van der Waals surface area contributed by atoms with Gasteiger partial charge < -0.3 is 4.74 Å². The van der Waals surface area contributed by atoms with Crippen LogP contribution in [-0.4, -0.2) is 41.1 Å². The summed E-state index contributed by atoms with van der Waals surface area (Å²) >= 11 is 18.4. The molecule has 9 heteroatoms. The number of ketones is 1. The molecule has 0 saturated carbocycles. The van der Waals surface area contributed by atoms with Crippen LogP contribution in [0.25, 0.3) is 0 Å². The van der Waals surface area contributed by atoms with E-state index in [1.165, 1.54) is 0 Å². The molecule has 0 spiro atoms. The number of halogens is 3. The Labute approximate surface area is 272 Å². The topological polar surface area (TPSA) is 80.8 Å². The minimum Gasteiger partial charge on any atom is -0.456 e. The molecular weight excluding hydrogens is 665 g/mol. The van der Waals surface area contributed by atoms with Crippen LogP contribution in [0.1, 0.15) is 38.2 Å². The summed E-state index contributed by atoms with van der Waals surface area (Å²) in [5.74, 6) is -4.60. The van der Waals surface area contributed by atoms with Crippen molar-refractivity contribution < 1.29 is 23.9 Å². The third-order valence-corrected chi connectivity index (χ3v) is 10.8. The number of carbonyl (C=O) groups excluding carboxylic acids is 4. The van der Waals surface area contributed by atoms with Gasteiger partial charge in [0.15, 0.2) is 12.4 Å². The number of imide groups is 1. The van der Waals surface area contributed by atoms with Gasteiger partial charge in [-0.25, -0.2) is 4.79 Å². The van der Waals surface area contributed by atoms with Crippen molar-refractivity contribution >= 4 is 62.7 Å². The molecule has 4 aliphatic rings. The molecule has 2 bridgehead atoms. The predicted octanol–water partition coefficient (Wildman–Crippen LogP) is 6.38. The van der Waals surface area contributed by atoms with E-state index < -0.39 is 57.8 Å². The van der Waals surface area contributed by atoms with Crippen molar-refractivity contribution in [3.05, 3.63) is 141 Å². The zero-order valence-corrected chi connectivity index (χ0v) is 26.2. The van der Waals surface area contributed by atoms with Crippen molar-refractivity contribution in [2.75, 3.05) is 6.61 Å². The first kappa shape index (κ1) is 29.0. The molecule has 1 fully saturated rings. The van der Waals surface area contributed by atoms with Gasteiger partial charge >= 0.3 is 5.97 Å². The Kier molecular flexibility index (Phi) is 7.03. The van der Waals surface area contributed by atoms with Gasteiger partial charge in [0.05, 0.1) is 11.8 Å². The van der Waals surface area contributed by atoms with E-state index in [0.29, 0.717) is 33.4 Å². The molecule has 0 N–H and O–H groups in total. The maximum Gasteiger partial charge on any atom is 0.330 e. The monoisotopic (exact) mass is 687 g/mol. The Morgan fingerprint density at radius 1 is 0.727 bits per heavy atom.